The first-order valence-electron chi connectivity index (χ1n) is 7.99. The molecule has 0 N–H and O–H groups in total. The zero-order valence-corrected chi connectivity index (χ0v) is 14.1. The molecule has 2 heterocycles. The molecule has 4 rings (SSSR count). The summed E-state index contributed by atoms with van der Waals surface area (Å²) in [6.45, 7) is 2.81. The second-order valence-corrected chi connectivity index (χ2v) is 7.95. The van der Waals surface area contributed by atoms with Gasteiger partial charge in [-0.1, -0.05) is 12.1 Å². The van der Waals surface area contributed by atoms with Crippen LogP contribution in [0.2, 0.25) is 0 Å². The molecule has 1 aliphatic rings. The second kappa shape index (κ2) is 5.93. The zero-order valence-electron chi connectivity index (χ0n) is 13.3. The Balaban J connectivity index is 1.83. The Morgan fingerprint density at radius 1 is 1.04 bits per heavy atom. The van der Waals surface area contributed by atoms with Gasteiger partial charge in [0.15, 0.2) is 0 Å². The fourth-order valence-electron chi connectivity index (χ4n) is 3.12. The number of likely N-dealkylation sites (tertiary alicyclic amines) is 1. The Hall–Kier alpha value is -2.25. The van der Waals surface area contributed by atoms with Gasteiger partial charge in [0, 0.05) is 18.1 Å². The number of hydrogen-bond acceptors (Lipinski definition) is 3. The molecule has 1 saturated heterocycles. The van der Waals surface area contributed by atoms with E-state index < -0.39 is 26.6 Å². The molecule has 7 heteroatoms. The fraction of sp³-hybridized carbons (Fsp3) is 0.222. The van der Waals surface area contributed by atoms with Crippen molar-refractivity contribution in [3.63, 3.8) is 0 Å². The van der Waals surface area contributed by atoms with Gasteiger partial charge < -0.3 is 0 Å². The van der Waals surface area contributed by atoms with Crippen molar-refractivity contribution in [2.75, 3.05) is 13.1 Å². The third-order valence-electron chi connectivity index (χ3n) is 4.56. The maximum absolute atomic E-state index is 14.0. The second-order valence-electron chi connectivity index (χ2n) is 6.17. The molecule has 0 radical (unpaired) electrons. The molecule has 3 aromatic rings. The molecule has 1 aromatic heterocycles. The maximum Gasteiger partial charge on any atom is 0.271 e. The van der Waals surface area contributed by atoms with Gasteiger partial charge >= 0.3 is 0 Å². The molecule has 0 atom stereocenters. The van der Waals surface area contributed by atoms with Crippen LogP contribution < -0.4 is 0 Å². The van der Waals surface area contributed by atoms with Crippen LogP contribution in [0, 0.1) is 11.6 Å². The summed E-state index contributed by atoms with van der Waals surface area (Å²) in [4.78, 5) is 1.60. The number of hydrogen-bond donors (Lipinski definition) is 0. The summed E-state index contributed by atoms with van der Waals surface area (Å²) in [6, 6.07) is 9.55. The van der Waals surface area contributed by atoms with Crippen molar-refractivity contribution < 1.29 is 17.2 Å². The number of aromatic nitrogens is 1. The van der Waals surface area contributed by atoms with Crippen molar-refractivity contribution in [1.29, 1.82) is 0 Å². The van der Waals surface area contributed by atoms with E-state index in [1.54, 1.807) is 18.2 Å². The molecule has 0 amide bonds. The Kier molecular flexibility index (Phi) is 3.85. The van der Waals surface area contributed by atoms with Gasteiger partial charge in [0.1, 0.15) is 16.5 Å². The third-order valence-corrected chi connectivity index (χ3v) is 6.27. The van der Waals surface area contributed by atoms with Gasteiger partial charge in [0.25, 0.3) is 10.0 Å². The van der Waals surface area contributed by atoms with Crippen LogP contribution >= 0.6 is 0 Å². The van der Waals surface area contributed by atoms with Crippen molar-refractivity contribution in [3.8, 4) is 0 Å². The third kappa shape index (κ3) is 2.73. The van der Waals surface area contributed by atoms with Crippen LogP contribution in [0.15, 0.2) is 53.6 Å². The van der Waals surface area contributed by atoms with Crippen molar-refractivity contribution in [1.82, 2.24) is 8.87 Å². The van der Waals surface area contributed by atoms with E-state index in [0.717, 1.165) is 46.7 Å². The number of rotatable bonds is 4. The van der Waals surface area contributed by atoms with Crippen molar-refractivity contribution in [2.24, 2.45) is 0 Å². The SMILES string of the molecule is O=S(=O)(c1cc(F)ccc1F)n1ccc2c(CN3CCC3)cccc21. The Morgan fingerprint density at radius 2 is 1.84 bits per heavy atom. The lowest BCUT2D eigenvalue weighted by Gasteiger charge is -2.30. The largest absolute Gasteiger partial charge is 0.299 e. The predicted molar refractivity (Wildman–Crippen MR) is 90.8 cm³/mol. The van der Waals surface area contributed by atoms with E-state index in [0.29, 0.717) is 11.6 Å². The van der Waals surface area contributed by atoms with Crippen molar-refractivity contribution >= 4 is 20.9 Å². The molecule has 0 unspecified atom stereocenters. The zero-order chi connectivity index (χ0) is 17.6. The van der Waals surface area contributed by atoms with E-state index in [1.807, 2.05) is 6.07 Å². The predicted octanol–water partition coefficient (Wildman–Crippen LogP) is 3.36. The van der Waals surface area contributed by atoms with E-state index in [-0.39, 0.29) is 0 Å². The molecular formula is C18H16F2N2O2S. The molecule has 1 fully saturated rings. The van der Waals surface area contributed by atoms with E-state index in [9.17, 15) is 17.2 Å². The summed E-state index contributed by atoms with van der Waals surface area (Å²) in [5.74, 6) is -1.77. The van der Waals surface area contributed by atoms with Crippen LogP contribution in [0.5, 0.6) is 0 Å². The van der Waals surface area contributed by atoms with Gasteiger partial charge in [-0.2, -0.15) is 0 Å². The molecule has 0 saturated carbocycles. The average Bonchev–Trinajstić information content (AvgIpc) is 2.98. The number of fused-ring (bicyclic) bond motifs is 1. The smallest absolute Gasteiger partial charge is 0.271 e. The molecule has 0 aliphatic carbocycles. The highest BCUT2D eigenvalue weighted by Gasteiger charge is 2.24. The van der Waals surface area contributed by atoms with Crippen LogP contribution in [0.25, 0.3) is 10.9 Å². The van der Waals surface area contributed by atoms with Crippen LogP contribution in [-0.2, 0) is 16.6 Å². The lowest BCUT2D eigenvalue weighted by molar-refractivity contribution is 0.173. The molecule has 0 spiro atoms. The Labute approximate surface area is 144 Å². The molecule has 2 aromatic carbocycles. The topological polar surface area (TPSA) is 42.3 Å². The van der Waals surface area contributed by atoms with Crippen molar-refractivity contribution in [2.45, 2.75) is 17.9 Å². The first-order chi connectivity index (χ1) is 12.0. The van der Waals surface area contributed by atoms with Crippen LogP contribution in [0.3, 0.4) is 0 Å². The lowest BCUT2D eigenvalue weighted by Crippen LogP contribution is -2.36. The summed E-state index contributed by atoms with van der Waals surface area (Å²) >= 11 is 0. The minimum atomic E-state index is -4.22. The number of nitrogens with zero attached hydrogens (tertiary/aromatic N) is 2. The van der Waals surface area contributed by atoms with Crippen LogP contribution in [0.4, 0.5) is 8.78 Å². The van der Waals surface area contributed by atoms with E-state index in [2.05, 4.69) is 4.90 Å². The summed E-state index contributed by atoms with van der Waals surface area (Å²) in [5.41, 5.74) is 1.48. The fourth-order valence-corrected chi connectivity index (χ4v) is 4.54. The molecule has 0 bridgehead atoms. The van der Waals surface area contributed by atoms with Crippen LogP contribution in [-0.4, -0.2) is 30.4 Å². The summed E-state index contributed by atoms with van der Waals surface area (Å²) < 4.78 is 54.1. The highest BCUT2D eigenvalue weighted by atomic mass is 32.2. The van der Waals surface area contributed by atoms with Gasteiger partial charge in [-0.15, -0.1) is 0 Å². The Bertz CT molecular complexity index is 1060. The van der Waals surface area contributed by atoms with Gasteiger partial charge in [-0.05, 0) is 55.4 Å². The monoisotopic (exact) mass is 362 g/mol. The molecule has 4 nitrogen and oxygen atoms in total. The quantitative estimate of drug-likeness (QED) is 0.715. The summed E-state index contributed by atoms with van der Waals surface area (Å²) in [5, 5.41) is 0.801. The van der Waals surface area contributed by atoms with Crippen molar-refractivity contribution in [3.05, 3.63) is 65.9 Å². The molecule has 1 aliphatic heterocycles. The standard InChI is InChI=1S/C18H16F2N2O2S/c19-14-5-6-16(20)18(11-14)25(23,24)22-10-7-15-13(3-1-4-17(15)22)12-21-8-2-9-21/h1,3-7,10-11H,2,8-9,12H2. The van der Waals surface area contributed by atoms with Gasteiger partial charge in [0.2, 0.25) is 0 Å². The van der Waals surface area contributed by atoms with E-state index >= 15 is 0 Å². The van der Waals surface area contributed by atoms with Gasteiger partial charge in [-0.25, -0.2) is 21.2 Å². The van der Waals surface area contributed by atoms with Gasteiger partial charge in [0.05, 0.1) is 5.52 Å². The summed E-state index contributed by atoms with van der Waals surface area (Å²) in [7, 11) is -4.22. The van der Waals surface area contributed by atoms with E-state index in [4.69, 9.17) is 0 Å². The minimum absolute atomic E-state index is 0.460. The maximum atomic E-state index is 14.0. The normalized spacial score (nSPS) is 15.4. The van der Waals surface area contributed by atoms with Gasteiger partial charge in [-0.3, -0.25) is 4.90 Å². The Morgan fingerprint density at radius 3 is 2.56 bits per heavy atom. The van der Waals surface area contributed by atoms with E-state index in [1.165, 1.54) is 12.6 Å². The highest BCUT2D eigenvalue weighted by Crippen LogP contribution is 2.27. The molecule has 130 valence electrons. The molecule has 25 heavy (non-hydrogen) atoms. The van der Waals surface area contributed by atoms with Crippen LogP contribution in [0.1, 0.15) is 12.0 Å². The number of halogens is 2. The lowest BCUT2D eigenvalue weighted by atomic mass is 10.1. The first kappa shape index (κ1) is 16.2. The highest BCUT2D eigenvalue weighted by molar-refractivity contribution is 7.90. The number of benzene rings is 2. The summed E-state index contributed by atoms with van der Waals surface area (Å²) in [6.07, 6.45) is 2.56. The minimum Gasteiger partial charge on any atom is -0.299 e. The molecular weight excluding hydrogens is 346 g/mol. The average molecular weight is 362 g/mol. The first-order valence-corrected chi connectivity index (χ1v) is 9.43.